The number of piperidine rings is 1. The topological polar surface area (TPSA) is 88.1 Å². The van der Waals surface area contributed by atoms with Crippen molar-refractivity contribution in [2.45, 2.75) is 32.2 Å². The van der Waals surface area contributed by atoms with Crippen LogP contribution >= 0.6 is 0 Å². The van der Waals surface area contributed by atoms with E-state index >= 15 is 0 Å². The van der Waals surface area contributed by atoms with E-state index in [-0.39, 0.29) is 17.5 Å². The molecule has 3 rings (SSSR count). The maximum absolute atomic E-state index is 11.5. The van der Waals surface area contributed by atoms with E-state index in [0.717, 1.165) is 19.5 Å². The van der Waals surface area contributed by atoms with Crippen molar-refractivity contribution in [1.82, 2.24) is 15.2 Å². The van der Waals surface area contributed by atoms with Gasteiger partial charge in [-0.15, -0.1) is 5.10 Å². The maximum Gasteiger partial charge on any atom is 0.247 e. The summed E-state index contributed by atoms with van der Waals surface area (Å²) in [6.07, 6.45) is 4.56. The van der Waals surface area contributed by atoms with Gasteiger partial charge in [0.05, 0.1) is 17.7 Å². The molecule has 0 saturated carbocycles. The summed E-state index contributed by atoms with van der Waals surface area (Å²) in [6, 6.07) is -0.0696. The lowest BCUT2D eigenvalue weighted by molar-refractivity contribution is 0.441. The van der Waals surface area contributed by atoms with Crippen LogP contribution in [0.5, 0.6) is 0 Å². The fourth-order valence-electron chi connectivity index (χ4n) is 2.99. The zero-order valence-electron chi connectivity index (χ0n) is 12.2. The van der Waals surface area contributed by atoms with Crippen molar-refractivity contribution in [2.24, 2.45) is 5.92 Å². The number of aromatic nitrogens is 3. The van der Waals surface area contributed by atoms with Crippen molar-refractivity contribution >= 4 is 21.6 Å². The van der Waals surface area contributed by atoms with Gasteiger partial charge in [0.25, 0.3) is 0 Å². The number of hydrogen-bond acceptors (Lipinski definition) is 7. The van der Waals surface area contributed by atoms with Crippen LogP contribution in [0.1, 0.15) is 26.2 Å². The normalized spacial score (nSPS) is 28.5. The first-order valence-corrected chi connectivity index (χ1v) is 9.25. The van der Waals surface area contributed by atoms with Gasteiger partial charge >= 0.3 is 0 Å². The second kappa shape index (κ2) is 5.75. The van der Waals surface area contributed by atoms with Crippen LogP contribution in [-0.2, 0) is 9.84 Å². The molecule has 0 amide bonds. The van der Waals surface area contributed by atoms with Crippen molar-refractivity contribution in [1.29, 1.82) is 0 Å². The molecule has 0 spiro atoms. The second-order valence-corrected chi connectivity index (χ2v) is 8.31. The molecule has 21 heavy (non-hydrogen) atoms. The Balaban J connectivity index is 1.68. The summed E-state index contributed by atoms with van der Waals surface area (Å²) in [7, 11) is -2.89. The molecular weight excluding hydrogens is 290 g/mol. The summed E-state index contributed by atoms with van der Waals surface area (Å²) < 4.78 is 23.0. The SMILES string of the molecule is CC1CCCN(c2nncc(NC3CCS(=O)(=O)C3)n2)C1. The molecule has 2 atom stereocenters. The summed E-state index contributed by atoms with van der Waals surface area (Å²) in [5.74, 6) is 2.30. The minimum atomic E-state index is -2.89. The number of rotatable bonds is 3. The van der Waals surface area contributed by atoms with Gasteiger partial charge in [0.15, 0.2) is 15.7 Å². The Morgan fingerprint density at radius 1 is 1.38 bits per heavy atom. The minimum Gasteiger partial charge on any atom is -0.365 e. The third kappa shape index (κ3) is 3.61. The first kappa shape index (κ1) is 14.5. The minimum absolute atomic E-state index is 0.0696. The van der Waals surface area contributed by atoms with Crippen LogP contribution in [0.4, 0.5) is 11.8 Å². The largest absolute Gasteiger partial charge is 0.365 e. The smallest absolute Gasteiger partial charge is 0.247 e. The number of sulfone groups is 1. The highest BCUT2D eigenvalue weighted by Crippen LogP contribution is 2.21. The van der Waals surface area contributed by atoms with Gasteiger partial charge in [0, 0.05) is 19.1 Å². The third-order valence-electron chi connectivity index (χ3n) is 4.07. The molecule has 116 valence electrons. The van der Waals surface area contributed by atoms with Crippen molar-refractivity contribution < 1.29 is 8.42 Å². The highest BCUT2D eigenvalue weighted by Gasteiger charge is 2.28. The van der Waals surface area contributed by atoms with Gasteiger partial charge in [-0.1, -0.05) is 6.92 Å². The maximum atomic E-state index is 11.5. The lowest BCUT2D eigenvalue weighted by Gasteiger charge is -2.30. The predicted octanol–water partition coefficient (Wildman–Crippen LogP) is 0.707. The van der Waals surface area contributed by atoms with E-state index in [1.165, 1.54) is 6.42 Å². The number of hydrogen-bond donors (Lipinski definition) is 1. The van der Waals surface area contributed by atoms with Gasteiger partial charge in [0.2, 0.25) is 5.95 Å². The van der Waals surface area contributed by atoms with E-state index in [1.54, 1.807) is 6.20 Å². The van der Waals surface area contributed by atoms with Crippen LogP contribution in [0, 0.1) is 5.92 Å². The zero-order chi connectivity index (χ0) is 14.9. The van der Waals surface area contributed by atoms with Crippen molar-refractivity contribution in [2.75, 3.05) is 34.8 Å². The van der Waals surface area contributed by atoms with Gasteiger partial charge in [-0.05, 0) is 25.2 Å². The van der Waals surface area contributed by atoms with Crippen molar-refractivity contribution in [3.63, 3.8) is 0 Å². The predicted molar refractivity (Wildman–Crippen MR) is 81.1 cm³/mol. The molecule has 8 heteroatoms. The van der Waals surface area contributed by atoms with E-state index in [9.17, 15) is 8.42 Å². The molecule has 2 aliphatic rings. The number of nitrogens with one attached hydrogen (secondary N) is 1. The molecule has 1 aromatic rings. The van der Waals surface area contributed by atoms with Crippen LogP contribution in [-0.4, -0.2) is 54.2 Å². The van der Waals surface area contributed by atoms with E-state index in [1.807, 2.05) is 0 Å². The number of nitrogens with zero attached hydrogens (tertiary/aromatic N) is 4. The summed E-state index contributed by atoms with van der Waals surface area (Å²) in [5.41, 5.74) is 0. The molecule has 7 nitrogen and oxygen atoms in total. The van der Waals surface area contributed by atoms with E-state index in [2.05, 4.69) is 32.3 Å². The Kier molecular flexibility index (Phi) is 3.97. The summed E-state index contributed by atoms with van der Waals surface area (Å²) in [6.45, 7) is 4.13. The lowest BCUT2D eigenvalue weighted by atomic mass is 10.0. The Hall–Kier alpha value is -1.44. The molecule has 2 fully saturated rings. The fourth-order valence-corrected chi connectivity index (χ4v) is 4.66. The fraction of sp³-hybridized carbons (Fsp3) is 0.769. The quantitative estimate of drug-likeness (QED) is 0.879. The molecular formula is C13H21N5O2S. The van der Waals surface area contributed by atoms with Crippen molar-refractivity contribution in [3.8, 4) is 0 Å². The monoisotopic (exact) mass is 311 g/mol. The second-order valence-electron chi connectivity index (χ2n) is 6.08. The van der Waals surface area contributed by atoms with E-state index < -0.39 is 9.84 Å². The highest BCUT2D eigenvalue weighted by molar-refractivity contribution is 7.91. The molecule has 2 unspecified atom stereocenters. The molecule has 1 aromatic heterocycles. The van der Waals surface area contributed by atoms with Crippen LogP contribution in [0.3, 0.4) is 0 Å². The average molecular weight is 311 g/mol. The Labute approximate surface area is 125 Å². The Morgan fingerprint density at radius 2 is 2.24 bits per heavy atom. The molecule has 0 aliphatic carbocycles. The molecule has 2 aliphatic heterocycles. The summed E-state index contributed by atoms with van der Waals surface area (Å²) in [5, 5.41) is 11.3. The van der Waals surface area contributed by atoms with E-state index in [0.29, 0.717) is 24.1 Å². The molecule has 0 radical (unpaired) electrons. The van der Waals surface area contributed by atoms with Crippen LogP contribution < -0.4 is 10.2 Å². The average Bonchev–Trinajstić information content (AvgIpc) is 2.78. The Bertz CT molecular complexity index is 606. The van der Waals surface area contributed by atoms with Gasteiger partial charge in [0.1, 0.15) is 0 Å². The van der Waals surface area contributed by atoms with Crippen LogP contribution in [0.2, 0.25) is 0 Å². The van der Waals surface area contributed by atoms with Gasteiger partial charge in [-0.3, -0.25) is 0 Å². The molecule has 3 heterocycles. The summed E-state index contributed by atoms with van der Waals surface area (Å²) in [4.78, 5) is 6.64. The number of anilines is 2. The first-order chi connectivity index (χ1) is 10.0. The highest BCUT2D eigenvalue weighted by atomic mass is 32.2. The van der Waals surface area contributed by atoms with Crippen LogP contribution in [0.15, 0.2) is 6.20 Å². The molecule has 0 bridgehead atoms. The van der Waals surface area contributed by atoms with Crippen LogP contribution in [0.25, 0.3) is 0 Å². The Morgan fingerprint density at radius 3 is 2.95 bits per heavy atom. The standard InChI is InChI=1S/C13H21N5O2S/c1-10-3-2-5-18(8-10)13-16-12(7-14-17-13)15-11-4-6-21(19,20)9-11/h7,10-11H,2-6,8-9H2,1H3,(H,15,16,17). The van der Waals surface area contributed by atoms with Gasteiger partial charge in [-0.2, -0.15) is 10.1 Å². The lowest BCUT2D eigenvalue weighted by Crippen LogP contribution is -2.35. The molecule has 0 aromatic carbocycles. The molecule has 2 saturated heterocycles. The van der Waals surface area contributed by atoms with E-state index in [4.69, 9.17) is 0 Å². The summed E-state index contributed by atoms with van der Waals surface area (Å²) >= 11 is 0. The van der Waals surface area contributed by atoms with Gasteiger partial charge in [-0.25, -0.2) is 8.42 Å². The zero-order valence-corrected chi connectivity index (χ0v) is 13.0. The third-order valence-corrected chi connectivity index (χ3v) is 5.84. The molecule has 1 N–H and O–H groups in total. The van der Waals surface area contributed by atoms with Gasteiger partial charge < -0.3 is 10.2 Å². The van der Waals surface area contributed by atoms with Crippen molar-refractivity contribution in [3.05, 3.63) is 6.20 Å². The first-order valence-electron chi connectivity index (χ1n) is 7.43.